The molecule has 1 aliphatic carbocycles. The molecule has 1 heterocycles. The van der Waals surface area contributed by atoms with E-state index in [4.69, 9.17) is 4.84 Å². The maximum Gasteiger partial charge on any atom is 0.249 e. The van der Waals surface area contributed by atoms with Crippen molar-refractivity contribution in [1.29, 1.82) is 0 Å². The first kappa shape index (κ1) is 9.97. The van der Waals surface area contributed by atoms with Gasteiger partial charge < -0.3 is 0 Å². The molecule has 0 bridgehead atoms. The summed E-state index contributed by atoms with van der Waals surface area (Å²) in [6.45, 7) is 3.78. The van der Waals surface area contributed by atoms with Crippen molar-refractivity contribution in [2.75, 3.05) is 13.2 Å². The molecule has 2 aliphatic rings. The summed E-state index contributed by atoms with van der Waals surface area (Å²) < 4.78 is 0. The highest BCUT2D eigenvalue weighted by Gasteiger charge is 2.30. The van der Waals surface area contributed by atoms with Gasteiger partial charge in [0.25, 0.3) is 0 Å². The number of hydrogen-bond acceptors (Lipinski definition) is 2. The van der Waals surface area contributed by atoms with Crippen LogP contribution in [-0.2, 0) is 9.63 Å². The molecule has 2 fully saturated rings. The minimum atomic E-state index is 0.231. The van der Waals surface area contributed by atoms with Crippen molar-refractivity contribution >= 4 is 5.91 Å². The van der Waals surface area contributed by atoms with Gasteiger partial charge in [0.2, 0.25) is 5.91 Å². The first-order valence-electron chi connectivity index (χ1n) is 5.71. The number of carbonyl (C=O) groups is 1. The van der Waals surface area contributed by atoms with E-state index in [2.05, 4.69) is 6.92 Å². The quantitative estimate of drug-likeness (QED) is 0.643. The average Bonchev–Trinajstić information content (AvgIpc) is 2.71. The fraction of sp³-hybridized carbons (Fsp3) is 0.909. The second kappa shape index (κ2) is 4.30. The second-order valence-electron chi connectivity index (χ2n) is 4.58. The van der Waals surface area contributed by atoms with Crippen LogP contribution >= 0.6 is 0 Å². The van der Waals surface area contributed by atoms with Crippen LogP contribution in [0.1, 0.15) is 39.0 Å². The topological polar surface area (TPSA) is 29.5 Å². The highest BCUT2D eigenvalue weighted by molar-refractivity contribution is 5.78. The van der Waals surface area contributed by atoms with E-state index in [0.717, 1.165) is 38.3 Å². The molecule has 3 nitrogen and oxygen atoms in total. The van der Waals surface area contributed by atoms with Gasteiger partial charge in [0, 0.05) is 5.92 Å². The smallest absolute Gasteiger partial charge is 0.249 e. The molecule has 0 radical (unpaired) electrons. The largest absolute Gasteiger partial charge is 0.272 e. The number of rotatable bonds is 1. The Labute approximate surface area is 85.4 Å². The summed E-state index contributed by atoms with van der Waals surface area (Å²) in [6, 6.07) is 0. The molecule has 1 saturated heterocycles. The highest BCUT2D eigenvalue weighted by atomic mass is 16.7. The number of amides is 1. The van der Waals surface area contributed by atoms with Crippen molar-refractivity contribution in [1.82, 2.24) is 5.06 Å². The van der Waals surface area contributed by atoms with Gasteiger partial charge in [0.1, 0.15) is 0 Å². The number of nitrogens with zero attached hydrogens (tertiary/aromatic N) is 1. The van der Waals surface area contributed by atoms with Crippen LogP contribution in [0.25, 0.3) is 0 Å². The van der Waals surface area contributed by atoms with E-state index in [0.29, 0.717) is 0 Å². The molecule has 2 rings (SSSR count). The van der Waals surface area contributed by atoms with Gasteiger partial charge >= 0.3 is 0 Å². The van der Waals surface area contributed by atoms with Gasteiger partial charge in [-0.1, -0.05) is 6.92 Å². The Morgan fingerprint density at radius 1 is 1.29 bits per heavy atom. The van der Waals surface area contributed by atoms with Crippen molar-refractivity contribution < 1.29 is 9.63 Å². The van der Waals surface area contributed by atoms with Crippen LogP contribution in [0.4, 0.5) is 0 Å². The summed E-state index contributed by atoms with van der Waals surface area (Å²) in [7, 11) is 0. The molecule has 0 unspecified atom stereocenters. The molecule has 0 atom stereocenters. The molecule has 0 aromatic rings. The van der Waals surface area contributed by atoms with Gasteiger partial charge in [-0.3, -0.25) is 9.63 Å². The third-order valence-corrected chi connectivity index (χ3v) is 3.36. The van der Waals surface area contributed by atoms with Crippen LogP contribution in [-0.4, -0.2) is 24.1 Å². The highest BCUT2D eigenvalue weighted by Crippen LogP contribution is 2.30. The van der Waals surface area contributed by atoms with Crippen LogP contribution in [0, 0.1) is 11.8 Å². The first-order valence-corrected chi connectivity index (χ1v) is 5.71. The van der Waals surface area contributed by atoms with Gasteiger partial charge in [-0.25, -0.2) is 5.06 Å². The molecule has 0 spiro atoms. The molecule has 0 aromatic carbocycles. The van der Waals surface area contributed by atoms with E-state index in [1.807, 2.05) is 0 Å². The summed E-state index contributed by atoms with van der Waals surface area (Å²) in [4.78, 5) is 17.2. The van der Waals surface area contributed by atoms with Crippen LogP contribution < -0.4 is 0 Å². The molecule has 1 aliphatic heterocycles. The van der Waals surface area contributed by atoms with E-state index < -0.39 is 0 Å². The van der Waals surface area contributed by atoms with E-state index in [1.165, 1.54) is 12.8 Å². The molecular formula is C11H19NO2. The maximum atomic E-state index is 11.9. The van der Waals surface area contributed by atoms with Gasteiger partial charge in [-0.05, 0) is 38.0 Å². The minimum absolute atomic E-state index is 0.231. The van der Waals surface area contributed by atoms with E-state index in [-0.39, 0.29) is 11.8 Å². The third-order valence-electron chi connectivity index (χ3n) is 3.36. The Hall–Kier alpha value is -0.570. The molecule has 0 N–H and O–H groups in total. The standard InChI is InChI=1S/C11H19NO2/c1-9-3-5-10(6-4-9)11(13)12-7-2-8-14-12/h9-10H,2-8H2,1H3. The van der Waals surface area contributed by atoms with Crippen molar-refractivity contribution in [2.24, 2.45) is 11.8 Å². The molecule has 80 valence electrons. The molecule has 1 amide bonds. The van der Waals surface area contributed by atoms with Crippen molar-refractivity contribution in [2.45, 2.75) is 39.0 Å². The van der Waals surface area contributed by atoms with Gasteiger partial charge in [-0.2, -0.15) is 0 Å². The van der Waals surface area contributed by atoms with Gasteiger partial charge in [-0.15, -0.1) is 0 Å². The average molecular weight is 197 g/mol. The molecule has 14 heavy (non-hydrogen) atoms. The monoisotopic (exact) mass is 197 g/mol. The summed E-state index contributed by atoms with van der Waals surface area (Å²) in [6.07, 6.45) is 5.50. The zero-order chi connectivity index (χ0) is 9.97. The minimum Gasteiger partial charge on any atom is -0.272 e. The van der Waals surface area contributed by atoms with E-state index in [9.17, 15) is 4.79 Å². The lowest BCUT2D eigenvalue weighted by Crippen LogP contribution is -2.34. The summed E-state index contributed by atoms with van der Waals surface area (Å²) in [5.41, 5.74) is 0. The fourth-order valence-corrected chi connectivity index (χ4v) is 2.33. The van der Waals surface area contributed by atoms with Gasteiger partial charge in [0.05, 0.1) is 13.2 Å². The first-order chi connectivity index (χ1) is 6.77. The fourth-order valence-electron chi connectivity index (χ4n) is 2.33. The lowest BCUT2D eigenvalue weighted by molar-refractivity contribution is -0.174. The Kier molecular flexibility index (Phi) is 3.06. The van der Waals surface area contributed by atoms with Crippen molar-refractivity contribution in [3.8, 4) is 0 Å². The van der Waals surface area contributed by atoms with E-state index >= 15 is 0 Å². The Balaban J connectivity index is 1.85. The normalized spacial score (nSPS) is 33.4. The second-order valence-corrected chi connectivity index (χ2v) is 4.58. The predicted octanol–water partition coefficient (Wildman–Crippen LogP) is 1.98. The van der Waals surface area contributed by atoms with Crippen molar-refractivity contribution in [3.05, 3.63) is 0 Å². The number of hydroxylamine groups is 2. The zero-order valence-corrected chi connectivity index (χ0v) is 8.87. The summed E-state index contributed by atoms with van der Waals surface area (Å²) in [5, 5.41) is 1.58. The summed E-state index contributed by atoms with van der Waals surface area (Å²) >= 11 is 0. The summed E-state index contributed by atoms with van der Waals surface area (Å²) in [5.74, 6) is 1.28. The molecule has 0 aromatic heterocycles. The van der Waals surface area contributed by atoms with Gasteiger partial charge in [0.15, 0.2) is 0 Å². The van der Waals surface area contributed by atoms with Crippen LogP contribution in [0.5, 0.6) is 0 Å². The number of carbonyl (C=O) groups excluding carboxylic acids is 1. The zero-order valence-electron chi connectivity index (χ0n) is 8.87. The lowest BCUT2D eigenvalue weighted by Gasteiger charge is -2.27. The van der Waals surface area contributed by atoms with Crippen LogP contribution in [0.3, 0.4) is 0 Å². The predicted molar refractivity (Wildman–Crippen MR) is 53.4 cm³/mol. The third kappa shape index (κ3) is 2.08. The van der Waals surface area contributed by atoms with Crippen molar-refractivity contribution in [3.63, 3.8) is 0 Å². The Morgan fingerprint density at radius 3 is 2.57 bits per heavy atom. The molecule has 1 saturated carbocycles. The number of hydrogen-bond donors (Lipinski definition) is 0. The SMILES string of the molecule is CC1CCC(C(=O)N2CCCO2)CC1. The Morgan fingerprint density at radius 2 is 2.00 bits per heavy atom. The molecular weight excluding hydrogens is 178 g/mol. The lowest BCUT2D eigenvalue weighted by atomic mass is 9.82. The van der Waals surface area contributed by atoms with E-state index in [1.54, 1.807) is 5.06 Å². The Bertz CT molecular complexity index is 203. The van der Waals surface area contributed by atoms with Crippen LogP contribution in [0.15, 0.2) is 0 Å². The molecule has 3 heteroatoms. The van der Waals surface area contributed by atoms with Crippen LogP contribution in [0.2, 0.25) is 0 Å². The maximum absolute atomic E-state index is 11.9.